The number of para-hydroxylation sites is 1. The van der Waals surface area contributed by atoms with Crippen molar-refractivity contribution in [3.05, 3.63) is 59.7 Å². The van der Waals surface area contributed by atoms with Gasteiger partial charge in [0.2, 0.25) is 0 Å². The van der Waals surface area contributed by atoms with E-state index in [0.717, 1.165) is 18.3 Å². The van der Waals surface area contributed by atoms with Crippen molar-refractivity contribution in [3.8, 4) is 5.75 Å². The molecule has 21 heavy (non-hydrogen) atoms. The zero-order chi connectivity index (χ0) is 14.5. The molecule has 0 bridgehead atoms. The van der Waals surface area contributed by atoms with Crippen molar-refractivity contribution in [2.75, 3.05) is 6.26 Å². The van der Waals surface area contributed by atoms with Gasteiger partial charge < -0.3 is 10.1 Å². The van der Waals surface area contributed by atoms with E-state index in [-0.39, 0.29) is 0 Å². The fraction of sp³-hybridized carbons (Fsp3) is 0.333. The first kappa shape index (κ1) is 14.5. The van der Waals surface area contributed by atoms with Crippen LogP contribution in [0.3, 0.4) is 0 Å². The highest BCUT2D eigenvalue weighted by molar-refractivity contribution is 7.98. The molecular formula is C18H21NOS. The topological polar surface area (TPSA) is 21.3 Å². The van der Waals surface area contributed by atoms with Crippen LogP contribution in [-0.4, -0.2) is 12.3 Å². The number of ether oxygens (including phenoxy) is 1. The maximum absolute atomic E-state index is 5.97. The van der Waals surface area contributed by atoms with Crippen molar-refractivity contribution >= 4 is 11.8 Å². The minimum atomic E-state index is 0.620. The molecule has 3 heteroatoms. The second kappa shape index (κ2) is 7.01. The minimum absolute atomic E-state index is 0.620. The Morgan fingerprint density at radius 1 is 1.10 bits per heavy atom. The van der Waals surface area contributed by atoms with Crippen LogP contribution in [0.1, 0.15) is 24.0 Å². The lowest BCUT2D eigenvalue weighted by Crippen LogP contribution is -2.15. The van der Waals surface area contributed by atoms with E-state index in [1.807, 2.05) is 18.2 Å². The van der Waals surface area contributed by atoms with Crippen LogP contribution < -0.4 is 10.1 Å². The van der Waals surface area contributed by atoms with Gasteiger partial charge in [0.1, 0.15) is 12.4 Å². The molecule has 0 amide bonds. The average molecular weight is 299 g/mol. The third-order valence-electron chi connectivity index (χ3n) is 3.63. The fourth-order valence-electron chi connectivity index (χ4n) is 2.28. The van der Waals surface area contributed by atoms with Crippen LogP contribution in [0.5, 0.6) is 5.75 Å². The summed E-state index contributed by atoms with van der Waals surface area (Å²) in [5.74, 6) is 0.964. The Kier molecular flexibility index (Phi) is 4.84. The predicted octanol–water partition coefficient (Wildman–Crippen LogP) is 4.24. The van der Waals surface area contributed by atoms with Crippen molar-refractivity contribution in [2.45, 2.75) is 36.9 Å². The third-order valence-corrected chi connectivity index (χ3v) is 4.40. The zero-order valence-corrected chi connectivity index (χ0v) is 13.2. The van der Waals surface area contributed by atoms with Gasteiger partial charge in [-0.3, -0.25) is 0 Å². The van der Waals surface area contributed by atoms with Crippen molar-refractivity contribution in [3.63, 3.8) is 0 Å². The molecule has 1 saturated carbocycles. The molecule has 0 spiro atoms. The SMILES string of the molecule is CSc1ccccc1OCc1cccc(CNC2CC2)c1. The van der Waals surface area contributed by atoms with Crippen LogP contribution in [0.4, 0.5) is 0 Å². The second-order valence-electron chi connectivity index (χ2n) is 5.41. The first-order valence-electron chi connectivity index (χ1n) is 7.42. The number of thioether (sulfide) groups is 1. The van der Waals surface area contributed by atoms with E-state index in [0.29, 0.717) is 6.61 Å². The Hall–Kier alpha value is -1.45. The molecule has 0 aromatic heterocycles. The third kappa shape index (κ3) is 4.26. The van der Waals surface area contributed by atoms with E-state index >= 15 is 0 Å². The first-order chi connectivity index (χ1) is 10.3. The highest BCUT2D eigenvalue weighted by Gasteiger charge is 2.19. The largest absolute Gasteiger partial charge is 0.488 e. The van der Waals surface area contributed by atoms with Crippen molar-refractivity contribution in [1.82, 2.24) is 5.32 Å². The van der Waals surface area contributed by atoms with Crippen LogP contribution in [0.15, 0.2) is 53.4 Å². The molecule has 0 unspecified atom stereocenters. The van der Waals surface area contributed by atoms with Crippen LogP contribution >= 0.6 is 11.8 Å². The van der Waals surface area contributed by atoms with Gasteiger partial charge in [0, 0.05) is 17.5 Å². The summed E-state index contributed by atoms with van der Waals surface area (Å²) in [6, 6.07) is 17.6. The molecule has 1 N–H and O–H groups in total. The van der Waals surface area contributed by atoms with Gasteiger partial charge in [0.05, 0.1) is 0 Å². The van der Waals surface area contributed by atoms with Crippen molar-refractivity contribution in [2.24, 2.45) is 0 Å². The van der Waals surface area contributed by atoms with Gasteiger partial charge in [-0.25, -0.2) is 0 Å². The van der Waals surface area contributed by atoms with E-state index in [4.69, 9.17) is 4.74 Å². The van der Waals surface area contributed by atoms with Crippen LogP contribution in [0.25, 0.3) is 0 Å². The normalized spacial score (nSPS) is 14.1. The number of benzene rings is 2. The van der Waals surface area contributed by atoms with Crippen LogP contribution in [0, 0.1) is 0 Å². The summed E-state index contributed by atoms with van der Waals surface area (Å²) < 4.78 is 5.97. The highest BCUT2D eigenvalue weighted by Crippen LogP contribution is 2.27. The molecule has 0 atom stereocenters. The van der Waals surface area contributed by atoms with E-state index in [9.17, 15) is 0 Å². The number of hydrogen-bond acceptors (Lipinski definition) is 3. The maximum atomic E-state index is 5.97. The highest BCUT2D eigenvalue weighted by atomic mass is 32.2. The monoisotopic (exact) mass is 299 g/mol. The molecule has 2 nitrogen and oxygen atoms in total. The standard InChI is InChI=1S/C18H21NOS/c1-21-18-8-3-2-7-17(18)20-13-15-6-4-5-14(11-15)12-19-16-9-10-16/h2-8,11,16,19H,9-10,12-13H2,1H3. The Balaban J connectivity index is 1.60. The summed E-state index contributed by atoms with van der Waals surface area (Å²) in [5.41, 5.74) is 2.56. The lowest BCUT2D eigenvalue weighted by molar-refractivity contribution is 0.299. The molecule has 0 aliphatic heterocycles. The summed E-state index contributed by atoms with van der Waals surface area (Å²) >= 11 is 1.72. The molecule has 0 radical (unpaired) electrons. The first-order valence-corrected chi connectivity index (χ1v) is 8.64. The lowest BCUT2D eigenvalue weighted by Gasteiger charge is -2.11. The van der Waals surface area contributed by atoms with Gasteiger partial charge in [0.15, 0.2) is 0 Å². The molecule has 1 fully saturated rings. The number of hydrogen-bond donors (Lipinski definition) is 1. The van der Waals surface area contributed by atoms with Crippen molar-refractivity contribution in [1.29, 1.82) is 0 Å². The summed E-state index contributed by atoms with van der Waals surface area (Å²) in [6.07, 6.45) is 4.73. The summed E-state index contributed by atoms with van der Waals surface area (Å²) in [7, 11) is 0. The predicted molar refractivity (Wildman–Crippen MR) is 88.9 cm³/mol. The van der Waals surface area contributed by atoms with Crippen molar-refractivity contribution < 1.29 is 4.74 Å². The summed E-state index contributed by atoms with van der Waals surface area (Å²) in [5, 5.41) is 3.55. The lowest BCUT2D eigenvalue weighted by atomic mass is 10.1. The maximum Gasteiger partial charge on any atom is 0.133 e. The Bertz CT molecular complexity index is 595. The van der Waals surface area contributed by atoms with Crippen LogP contribution in [-0.2, 0) is 13.2 Å². The van der Waals surface area contributed by atoms with E-state index in [1.54, 1.807) is 11.8 Å². The average Bonchev–Trinajstić information content (AvgIpc) is 3.36. The zero-order valence-electron chi connectivity index (χ0n) is 12.3. The molecule has 110 valence electrons. The Labute approximate surface area is 130 Å². The van der Waals surface area contributed by atoms with Crippen LogP contribution in [0.2, 0.25) is 0 Å². The summed E-state index contributed by atoms with van der Waals surface area (Å²) in [4.78, 5) is 1.18. The molecule has 2 aromatic rings. The minimum Gasteiger partial charge on any atom is -0.488 e. The number of nitrogens with one attached hydrogen (secondary N) is 1. The molecule has 3 rings (SSSR count). The van der Waals surface area contributed by atoms with Gasteiger partial charge in [-0.1, -0.05) is 36.4 Å². The number of rotatable bonds is 7. The van der Waals surface area contributed by atoms with Gasteiger partial charge in [-0.05, 0) is 42.4 Å². The molecule has 0 saturated heterocycles. The molecule has 2 aromatic carbocycles. The Morgan fingerprint density at radius 3 is 2.71 bits per heavy atom. The van der Waals surface area contributed by atoms with E-state index < -0.39 is 0 Å². The molecular weight excluding hydrogens is 278 g/mol. The fourth-order valence-corrected chi connectivity index (χ4v) is 2.82. The van der Waals surface area contributed by atoms with E-state index in [1.165, 1.54) is 28.9 Å². The summed E-state index contributed by atoms with van der Waals surface area (Å²) in [6.45, 7) is 1.58. The molecule has 1 aliphatic rings. The quantitative estimate of drug-likeness (QED) is 0.773. The van der Waals surface area contributed by atoms with Gasteiger partial charge >= 0.3 is 0 Å². The van der Waals surface area contributed by atoms with Gasteiger partial charge in [-0.2, -0.15) is 0 Å². The Morgan fingerprint density at radius 2 is 1.90 bits per heavy atom. The second-order valence-corrected chi connectivity index (χ2v) is 6.26. The molecule has 1 aliphatic carbocycles. The smallest absolute Gasteiger partial charge is 0.133 e. The molecule has 0 heterocycles. The van der Waals surface area contributed by atoms with E-state index in [2.05, 4.69) is 41.9 Å². The van der Waals surface area contributed by atoms with Gasteiger partial charge in [-0.15, -0.1) is 11.8 Å². The van der Waals surface area contributed by atoms with Gasteiger partial charge in [0.25, 0.3) is 0 Å².